The van der Waals surface area contributed by atoms with Crippen LogP contribution in [-0.2, 0) is 4.79 Å². The molecule has 0 fully saturated rings. The molecule has 1 aromatic rings. The summed E-state index contributed by atoms with van der Waals surface area (Å²) in [6.45, 7) is 7.28. The highest BCUT2D eigenvalue weighted by Gasteiger charge is 2.12. The minimum Gasteiger partial charge on any atom is -0.507 e. The average molecular weight is 305 g/mol. The van der Waals surface area contributed by atoms with Crippen LogP contribution in [0.25, 0.3) is 0 Å². The smallest absolute Gasteiger partial charge is 0.275 e. The molecule has 1 atom stereocenters. The van der Waals surface area contributed by atoms with Crippen LogP contribution in [0.1, 0.15) is 49.5 Å². The molecule has 0 aliphatic rings. The molecule has 0 heterocycles. The van der Waals surface area contributed by atoms with Crippen molar-refractivity contribution in [1.29, 1.82) is 0 Å². The summed E-state index contributed by atoms with van der Waals surface area (Å²) in [5.74, 6) is -0.714. The molecule has 2 amide bonds. The van der Waals surface area contributed by atoms with Gasteiger partial charge in [-0.05, 0) is 38.8 Å². The Kier molecular flexibility index (Phi) is 6.56. The molecule has 3 N–H and O–H groups in total. The van der Waals surface area contributed by atoms with Gasteiger partial charge in [0, 0.05) is 11.8 Å². The molecular weight excluding hydrogens is 282 g/mol. The summed E-state index contributed by atoms with van der Waals surface area (Å²) in [6, 6.07) is 5.01. The van der Waals surface area contributed by atoms with Gasteiger partial charge in [-0.25, -0.2) is 5.43 Å². The van der Waals surface area contributed by atoms with Gasteiger partial charge < -0.3 is 10.4 Å². The molecule has 1 rings (SSSR count). The molecule has 0 saturated heterocycles. The van der Waals surface area contributed by atoms with Gasteiger partial charge in [-0.2, -0.15) is 5.10 Å². The first-order valence-corrected chi connectivity index (χ1v) is 7.26. The van der Waals surface area contributed by atoms with Crippen molar-refractivity contribution in [2.24, 2.45) is 5.10 Å². The third-order valence-electron chi connectivity index (χ3n) is 3.27. The second kappa shape index (κ2) is 8.17. The first kappa shape index (κ1) is 17.7. The van der Waals surface area contributed by atoms with Gasteiger partial charge in [0.2, 0.25) is 5.91 Å². The largest absolute Gasteiger partial charge is 0.507 e. The Labute approximate surface area is 130 Å². The number of carbonyl (C=O) groups is 2. The van der Waals surface area contributed by atoms with Crippen molar-refractivity contribution in [1.82, 2.24) is 10.7 Å². The number of nitrogens with zero attached hydrogens (tertiary/aromatic N) is 1. The molecule has 0 spiro atoms. The van der Waals surface area contributed by atoms with Gasteiger partial charge in [0.25, 0.3) is 5.91 Å². The van der Waals surface area contributed by atoms with Gasteiger partial charge in [-0.3, -0.25) is 9.59 Å². The first-order valence-electron chi connectivity index (χ1n) is 7.26. The summed E-state index contributed by atoms with van der Waals surface area (Å²) in [4.78, 5) is 23.6. The first-order chi connectivity index (χ1) is 10.3. The Hall–Kier alpha value is -2.37. The van der Waals surface area contributed by atoms with Crippen LogP contribution in [-0.4, -0.2) is 28.7 Å². The number of phenols is 1. The Bertz CT molecular complexity index is 582. The van der Waals surface area contributed by atoms with Crippen molar-refractivity contribution in [2.75, 3.05) is 0 Å². The van der Waals surface area contributed by atoms with E-state index in [9.17, 15) is 14.7 Å². The number of hydrazone groups is 1. The fourth-order valence-corrected chi connectivity index (χ4v) is 1.75. The van der Waals surface area contributed by atoms with E-state index >= 15 is 0 Å². The van der Waals surface area contributed by atoms with E-state index < -0.39 is 5.91 Å². The van der Waals surface area contributed by atoms with E-state index in [4.69, 9.17) is 0 Å². The van der Waals surface area contributed by atoms with Gasteiger partial charge >= 0.3 is 0 Å². The fraction of sp³-hybridized carbons (Fsp3) is 0.438. The molecule has 0 bridgehead atoms. The average Bonchev–Trinajstić information content (AvgIpc) is 2.47. The number of nitrogens with one attached hydrogen (secondary N) is 2. The lowest BCUT2D eigenvalue weighted by atomic mass is 10.1. The number of aromatic hydroxyl groups is 1. The van der Waals surface area contributed by atoms with Crippen molar-refractivity contribution in [3.8, 4) is 5.75 Å². The second-order valence-corrected chi connectivity index (χ2v) is 5.31. The van der Waals surface area contributed by atoms with E-state index in [-0.39, 0.29) is 29.7 Å². The lowest BCUT2D eigenvalue weighted by Gasteiger charge is -2.11. The highest BCUT2D eigenvalue weighted by Crippen LogP contribution is 2.20. The third kappa shape index (κ3) is 5.20. The number of rotatable bonds is 6. The van der Waals surface area contributed by atoms with E-state index in [1.165, 1.54) is 6.07 Å². The number of phenolic OH excluding ortho intramolecular Hbond substituents is 1. The van der Waals surface area contributed by atoms with Crippen LogP contribution < -0.4 is 10.7 Å². The Morgan fingerprint density at radius 1 is 1.36 bits per heavy atom. The zero-order chi connectivity index (χ0) is 16.7. The SMILES string of the molecule is CC[C@H](C)NC(=O)CC(C)=NNC(=O)c1cccc(C)c1O. The molecule has 0 radical (unpaired) electrons. The predicted molar refractivity (Wildman–Crippen MR) is 85.9 cm³/mol. The van der Waals surface area contributed by atoms with Crippen molar-refractivity contribution in [2.45, 2.75) is 46.6 Å². The topological polar surface area (TPSA) is 90.8 Å². The normalized spacial score (nSPS) is 12.6. The summed E-state index contributed by atoms with van der Waals surface area (Å²) < 4.78 is 0. The highest BCUT2D eigenvalue weighted by molar-refractivity contribution is 6.01. The summed E-state index contributed by atoms with van der Waals surface area (Å²) >= 11 is 0. The van der Waals surface area contributed by atoms with Crippen LogP contribution in [0.2, 0.25) is 0 Å². The van der Waals surface area contributed by atoms with Crippen LogP contribution in [0.15, 0.2) is 23.3 Å². The Morgan fingerprint density at radius 3 is 2.68 bits per heavy atom. The Morgan fingerprint density at radius 2 is 2.05 bits per heavy atom. The maximum Gasteiger partial charge on any atom is 0.275 e. The van der Waals surface area contributed by atoms with Gasteiger partial charge in [-0.15, -0.1) is 0 Å². The molecule has 0 unspecified atom stereocenters. The number of carbonyl (C=O) groups excluding carboxylic acids is 2. The quantitative estimate of drug-likeness (QED) is 0.555. The molecule has 6 nitrogen and oxygen atoms in total. The lowest BCUT2D eigenvalue weighted by molar-refractivity contribution is -0.120. The second-order valence-electron chi connectivity index (χ2n) is 5.31. The zero-order valence-electron chi connectivity index (χ0n) is 13.4. The standard InChI is InChI=1S/C16H23N3O3/c1-5-11(3)17-14(20)9-12(4)18-19-16(22)13-8-6-7-10(2)15(13)21/h6-8,11,21H,5,9H2,1-4H3,(H,17,20)(H,19,22)/t11-/m0/s1. The van der Waals surface area contributed by atoms with Gasteiger partial charge in [-0.1, -0.05) is 19.1 Å². The summed E-state index contributed by atoms with van der Waals surface area (Å²) in [6.07, 6.45) is 0.968. The number of aryl methyl sites for hydroxylation is 1. The lowest BCUT2D eigenvalue weighted by Crippen LogP contribution is -2.33. The molecule has 22 heavy (non-hydrogen) atoms. The minimum atomic E-state index is -0.511. The third-order valence-corrected chi connectivity index (χ3v) is 3.27. The van der Waals surface area contributed by atoms with Crippen molar-refractivity contribution < 1.29 is 14.7 Å². The van der Waals surface area contributed by atoms with E-state index in [0.717, 1.165) is 6.42 Å². The van der Waals surface area contributed by atoms with Gasteiger partial charge in [0.15, 0.2) is 0 Å². The molecular formula is C16H23N3O3. The maximum absolute atomic E-state index is 12.0. The van der Waals surface area contributed by atoms with Crippen molar-refractivity contribution >= 4 is 17.5 Å². The Balaban J connectivity index is 2.61. The van der Waals surface area contributed by atoms with E-state index in [1.807, 2.05) is 13.8 Å². The van der Waals surface area contributed by atoms with E-state index in [1.54, 1.807) is 26.0 Å². The van der Waals surface area contributed by atoms with E-state index in [2.05, 4.69) is 15.8 Å². The van der Waals surface area contributed by atoms with Crippen LogP contribution in [0.5, 0.6) is 5.75 Å². The van der Waals surface area contributed by atoms with Gasteiger partial charge in [0.1, 0.15) is 5.75 Å². The molecule has 0 aliphatic heterocycles. The zero-order valence-corrected chi connectivity index (χ0v) is 13.4. The van der Waals surface area contributed by atoms with Crippen LogP contribution in [0.3, 0.4) is 0 Å². The fourth-order valence-electron chi connectivity index (χ4n) is 1.75. The molecule has 1 aromatic carbocycles. The molecule has 0 aliphatic carbocycles. The number of amides is 2. The molecule has 6 heteroatoms. The monoisotopic (exact) mass is 305 g/mol. The number of hydrogen-bond acceptors (Lipinski definition) is 4. The van der Waals surface area contributed by atoms with Crippen LogP contribution in [0.4, 0.5) is 0 Å². The molecule has 0 saturated carbocycles. The number of benzene rings is 1. The maximum atomic E-state index is 12.0. The van der Waals surface area contributed by atoms with E-state index in [0.29, 0.717) is 11.3 Å². The van der Waals surface area contributed by atoms with Gasteiger partial charge in [0.05, 0.1) is 12.0 Å². The van der Waals surface area contributed by atoms with Crippen LogP contribution in [0, 0.1) is 6.92 Å². The van der Waals surface area contributed by atoms with Crippen molar-refractivity contribution in [3.05, 3.63) is 29.3 Å². The number of para-hydroxylation sites is 1. The summed E-state index contributed by atoms with van der Waals surface area (Å²) in [5, 5.41) is 16.5. The minimum absolute atomic E-state index is 0.0673. The number of hydrogen-bond donors (Lipinski definition) is 3. The molecule has 120 valence electrons. The van der Waals surface area contributed by atoms with Crippen molar-refractivity contribution in [3.63, 3.8) is 0 Å². The summed E-state index contributed by atoms with van der Waals surface area (Å²) in [5.41, 5.74) is 3.60. The summed E-state index contributed by atoms with van der Waals surface area (Å²) in [7, 11) is 0. The highest BCUT2D eigenvalue weighted by atomic mass is 16.3. The van der Waals surface area contributed by atoms with Crippen LogP contribution >= 0.6 is 0 Å². The molecule has 0 aromatic heterocycles. The predicted octanol–water partition coefficient (Wildman–Crippen LogP) is 2.11.